The third-order valence-electron chi connectivity index (χ3n) is 5.22. The second-order valence-electron chi connectivity index (χ2n) is 7.67. The van der Waals surface area contributed by atoms with Crippen molar-refractivity contribution >= 4 is 56.0 Å². The number of nitrogens with zero attached hydrogens (tertiary/aromatic N) is 4. The largest absolute Gasteiger partial charge is 0.478 e. The zero-order chi connectivity index (χ0) is 26.4. The summed E-state index contributed by atoms with van der Waals surface area (Å²) in [4.78, 5) is 18.8. The number of pyridine rings is 2. The number of aryl methyl sites for hydroxylation is 1. The van der Waals surface area contributed by atoms with Crippen molar-refractivity contribution in [1.82, 2.24) is 14.5 Å². The minimum atomic E-state index is -4.75. The fraction of sp³-hybridized carbons (Fsp3) is 0.136. The molecule has 0 aliphatic rings. The Morgan fingerprint density at radius 3 is 2.42 bits per heavy atom. The summed E-state index contributed by atoms with van der Waals surface area (Å²) in [6.07, 6.45) is -1.11. The summed E-state index contributed by atoms with van der Waals surface area (Å²) in [7, 11) is -2.82. The van der Waals surface area contributed by atoms with E-state index in [1.54, 1.807) is 29.9 Å². The number of halogens is 5. The fourth-order valence-electron chi connectivity index (χ4n) is 3.46. The number of carboxylic acids is 1. The van der Waals surface area contributed by atoms with E-state index in [1.165, 1.54) is 6.20 Å². The van der Waals surface area contributed by atoms with Crippen molar-refractivity contribution in [2.45, 2.75) is 17.6 Å². The van der Waals surface area contributed by atoms with Gasteiger partial charge in [0.15, 0.2) is 5.82 Å². The highest BCUT2D eigenvalue weighted by molar-refractivity contribution is 7.93. The van der Waals surface area contributed by atoms with E-state index in [9.17, 15) is 26.4 Å². The molecular weight excluding hydrogens is 544 g/mol. The van der Waals surface area contributed by atoms with Gasteiger partial charge in [-0.25, -0.2) is 27.5 Å². The van der Waals surface area contributed by atoms with Crippen LogP contribution in [0.2, 0.25) is 10.0 Å². The van der Waals surface area contributed by atoms with Gasteiger partial charge < -0.3 is 9.67 Å². The number of aromatic carboxylic acids is 1. The Balaban J connectivity index is 1.86. The van der Waals surface area contributed by atoms with Crippen LogP contribution in [0.15, 0.2) is 59.9 Å². The third kappa shape index (κ3) is 4.84. The molecule has 0 saturated heterocycles. The second-order valence-corrected chi connectivity index (χ2v) is 10.3. The highest BCUT2D eigenvalue weighted by atomic mass is 35.5. The summed E-state index contributed by atoms with van der Waals surface area (Å²) < 4.78 is 69.3. The Hall–Kier alpha value is -3.35. The number of benzene rings is 1. The lowest BCUT2D eigenvalue weighted by Crippen LogP contribution is -2.32. The van der Waals surface area contributed by atoms with Crippen LogP contribution in [0.1, 0.15) is 21.5 Å². The number of aromatic nitrogens is 3. The molecule has 3 heterocycles. The van der Waals surface area contributed by atoms with Gasteiger partial charge in [-0.2, -0.15) is 13.2 Å². The van der Waals surface area contributed by atoms with Crippen molar-refractivity contribution in [1.29, 1.82) is 0 Å². The molecule has 4 rings (SSSR count). The van der Waals surface area contributed by atoms with E-state index in [0.717, 1.165) is 18.2 Å². The first-order valence-electron chi connectivity index (χ1n) is 9.97. The summed E-state index contributed by atoms with van der Waals surface area (Å²) in [6, 6.07) is 6.98. The topological polar surface area (TPSA) is 105 Å². The molecule has 0 spiro atoms. The molecule has 0 atom stereocenters. The molecule has 3 aromatic heterocycles. The SMILES string of the molecule is Cn1ccc2cc(CN(c3ncc(C(F)(F)F)cc3Cl)S(=O)(=O)c3ccc(C(=O)O)cc3Cl)cnc21. The summed E-state index contributed by atoms with van der Waals surface area (Å²) in [5.74, 6) is -1.80. The van der Waals surface area contributed by atoms with Crippen LogP contribution in [-0.4, -0.2) is 34.0 Å². The second kappa shape index (κ2) is 9.26. The summed E-state index contributed by atoms with van der Waals surface area (Å²) in [5, 5.41) is 8.88. The Bertz CT molecular complexity index is 1610. The number of carbonyl (C=O) groups is 1. The van der Waals surface area contributed by atoms with Gasteiger partial charge in [-0.1, -0.05) is 23.2 Å². The molecular formula is C22H15Cl2F3N4O4S. The predicted molar refractivity (Wildman–Crippen MR) is 127 cm³/mol. The predicted octanol–water partition coefficient (Wildman–Crippen LogP) is 5.39. The van der Waals surface area contributed by atoms with Gasteiger partial charge in [0.2, 0.25) is 0 Å². The molecule has 8 nitrogen and oxygen atoms in total. The molecule has 1 N–H and O–H groups in total. The molecule has 0 amide bonds. The fourth-order valence-corrected chi connectivity index (χ4v) is 5.72. The maximum atomic E-state index is 13.7. The summed E-state index contributed by atoms with van der Waals surface area (Å²) >= 11 is 12.2. The van der Waals surface area contributed by atoms with E-state index in [0.29, 0.717) is 33.2 Å². The molecule has 0 saturated carbocycles. The minimum absolute atomic E-state index is 0.255. The average molecular weight is 559 g/mol. The molecule has 0 radical (unpaired) electrons. The van der Waals surface area contributed by atoms with Crippen LogP contribution in [0.4, 0.5) is 19.0 Å². The smallest absolute Gasteiger partial charge is 0.417 e. The Labute approximate surface area is 212 Å². The normalized spacial score (nSPS) is 12.2. The number of anilines is 1. The van der Waals surface area contributed by atoms with Crippen LogP contribution >= 0.6 is 23.2 Å². The zero-order valence-electron chi connectivity index (χ0n) is 18.2. The lowest BCUT2D eigenvalue weighted by molar-refractivity contribution is -0.137. The quantitative estimate of drug-likeness (QED) is 0.340. The maximum Gasteiger partial charge on any atom is 0.417 e. The lowest BCUT2D eigenvalue weighted by atomic mass is 10.2. The van der Waals surface area contributed by atoms with Crippen molar-refractivity contribution in [3.63, 3.8) is 0 Å². The first-order chi connectivity index (χ1) is 16.8. The molecule has 4 aromatic rings. The number of hydrogen-bond donors (Lipinski definition) is 1. The summed E-state index contributed by atoms with van der Waals surface area (Å²) in [5.41, 5.74) is -0.404. The Morgan fingerprint density at radius 2 is 1.81 bits per heavy atom. The van der Waals surface area contributed by atoms with E-state index in [1.807, 2.05) is 0 Å². The van der Waals surface area contributed by atoms with Crippen molar-refractivity contribution in [3.8, 4) is 0 Å². The van der Waals surface area contributed by atoms with E-state index in [4.69, 9.17) is 28.3 Å². The molecule has 1 aromatic carbocycles. The van der Waals surface area contributed by atoms with E-state index in [-0.39, 0.29) is 5.56 Å². The number of alkyl halides is 3. The van der Waals surface area contributed by atoms with E-state index < -0.39 is 55.0 Å². The molecule has 0 bridgehead atoms. The van der Waals surface area contributed by atoms with Gasteiger partial charge in [-0.05, 0) is 42.0 Å². The average Bonchev–Trinajstić information content (AvgIpc) is 3.16. The summed E-state index contributed by atoms with van der Waals surface area (Å²) in [6.45, 7) is -0.407. The van der Waals surface area contributed by atoms with Crippen LogP contribution in [0, 0.1) is 0 Å². The van der Waals surface area contributed by atoms with Gasteiger partial charge >= 0.3 is 12.1 Å². The van der Waals surface area contributed by atoms with Crippen LogP contribution in [0.5, 0.6) is 0 Å². The van der Waals surface area contributed by atoms with Crippen molar-refractivity contribution in [2.24, 2.45) is 7.05 Å². The highest BCUT2D eigenvalue weighted by Gasteiger charge is 2.35. The van der Waals surface area contributed by atoms with Gasteiger partial charge in [0.25, 0.3) is 10.0 Å². The van der Waals surface area contributed by atoms with Gasteiger partial charge in [-0.3, -0.25) is 0 Å². The third-order valence-corrected chi connectivity index (χ3v) is 7.72. The minimum Gasteiger partial charge on any atom is -0.478 e. The number of rotatable bonds is 6. The van der Waals surface area contributed by atoms with E-state index in [2.05, 4.69) is 9.97 Å². The van der Waals surface area contributed by atoms with Crippen molar-refractivity contribution in [2.75, 3.05) is 4.31 Å². The molecule has 0 unspecified atom stereocenters. The number of carboxylic acid groups (broad SMARTS) is 1. The van der Waals surface area contributed by atoms with Crippen LogP contribution < -0.4 is 4.31 Å². The Morgan fingerprint density at radius 1 is 1.08 bits per heavy atom. The van der Waals surface area contributed by atoms with Gasteiger partial charge in [0.05, 0.1) is 27.7 Å². The standard InChI is InChI=1S/C22H15Cl2F3N4O4S/c1-30-5-4-13-6-12(9-28-19(13)30)11-31(20-17(24)8-15(10-29-20)22(25,26)27)36(34,35)18-3-2-14(21(32)33)7-16(18)23/h2-10H,11H2,1H3,(H,32,33). The zero-order valence-corrected chi connectivity index (χ0v) is 20.5. The lowest BCUT2D eigenvalue weighted by Gasteiger charge is -2.25. The highest BCUT2D eigenvalue weighted by Crippen LogP contribution is 2.37. The molecule has 0 fully saturated rings. The number of sulfonamides is 1. The van der Waals surface area contributed by atoms with Gasteiger partial charge in [-0.15, -0.1) is 0 Å². The van der Waals surface area contributed by atoms with Crippen molar-refractivity contribution < 1.29 is 31.5 Å². The molecule has 0 aliphatic carbocycles. The monoisotopic (exact) mass is 558 g/mol. The first-order valence-corrected chi connectivity index (χ1v) is 12.2. The van der Waals surface area contributed by atoms with E-state index >= 15 is 0 Å². The van der Waals surface area contributed by atoms with Gasteiger partial charge in [0, 0.05) is 31.0 Å². The molecule has 36 heavy (non-hydrogen) atoms. The van der Waals surface area contributed by atoms with Crippen LogP contribution in [-0.2, 0) is 29.8 Å². The molecule has 188 valence electrons. The number of fused-ring (bicyclic) bond motifs is 1. The molecule has 14 heteroatoms. The van der Waals surface area contributed by atoms with Crippen molar-refractivity contribution in [3.05, 3.63) is 81.7 Å². The van der Waals surface area contributed by atoms with Crippen LogP contribution in [0.3, 0.4) is 0 Å². The van der Waals surface area contributed by atoms with Crippen LogP contribution in [0.25, 0.3) is 11.0 Å². The molecule has 0 aliphatic heterocycles. The van der Waals surface area contributed by atoms with Gasteiger partial charge in [0.1, 0.15) is 10.5 Å². The maximum absolute atomic E-state index is 13.7. The number of hydrogen-bond acceptors (Lipinski definition) is 5. The Kier molecular flexibility index (Phi) is 6.62. The first kappa shape index (κ1) is 25.7.